The highest BCUT2D eigenvalue weighted by Gasteiger charge is 2.41. The fourth-order valence-electron chi connectivity index (χ4n) is 5.67. The fourth-order valence-corrected chi connectivity index (χ4v) is 5.67. The van der Waals surface area contributed by atoms with Crippen LogP contribution < -0.4 is 10.1 Å². The molecule has 3 heterocycles. The smallest absolute Gasteiger partial charge is 0.323 e. The van der Waals surface area contributed by atoms with E-state index in [4.69, 9.17) is 9.26 Å². The van der Waals surface area contributed by atoms with Gasteiger partial charge in [-0.1, -0.05) is 62.3 Å². The average Bonchev–Trinajstić information content (AvgIpc) is 3.58. The van der Waals surface area contributed by atoms with E-state index in [1.54, 1.807) is 0 Å². The van der Waals surface area contributed by atoms with Crippen molar-refractivity contribution in [3.63, 3.8) is 0 Å². The van der Waals surface area contributed by atoms with Gasteiger partial charge in [-0.05, 0) is 64.8 Å². The van der Waals surface area contributed by atoms with Crippen LogP contribution in [0.15, 0.2) is 77.3 Å². The molecule has 7 heteroatoms. The average molecular weight is 511 g/mol. The van der Waals surface area contributed by atoms with Gasteiger partial charge in [0.15, 0.2) is 11.4 Å². The van der Waals surface area contributed by atoms with E-state index in [2.05, 4.69) is 66.5 Å². The highest BCUT2D eigenvalue weighted by Crippen LogP contribution is 2.33. The number of carbonyl (C=O) groups is 1. The number of likely N-dealkylation sites (tertiary alicyclic amines) is 2. The molecule has 2 fully saturated rings. The summed E-state index contributed by atoms with van der Waals surface area (Å²) in [5.74, 6) is 3.15. The van der Waals surface area contributed by atoms with Crippen molar-refractivity contribution in [2.45, 2.75) is 32.7 Å². The second-order valence-corrected chi connectivity index (χ2v) is 11.6. The number of carbonyl (C=O) groups excluding carboxylic acids is 1. The summed E-state index contributed by atoms with van der Waals surface area (Å²) in [6.07, 6.45) is 0. The lowest BCUT2D eigenvalue weighted by atomic mass is 9.87. The van der Waals surface area contributed by atoms with E-state index in [0.29, 0.717) is 23.2 Å². The lowest BCUT2D eigenvalue weighted by Gasteiger charge is -2.22. The van der Waals surface area contributed by atoms with Crippen LogP contribution in [0.5, 0.6) is 11.5 Å². The first-order valence-electron chi connectivity index (χ1n) is 13.3. The summed E-state index contributed by atoms with van der Waals surface area (Å²) in [5.41, 5.74) is 3.32. The Morgan fingerprint density at radius 2 is 1.68 bits per heavy atom. The van der Waals surface area contributed by atoms with E-state index in [1.165, 1.54) is 11.1 Å². The van der Waals surface area contributed by atoms with Gasteiger partial charge in [0.05, 0.1) is 5.39 Å². The van der Waals surface area contributed by atoms with Crippen molar-refractivity contribution >= 4 is 22.8 Å². The van der Waals surface area contributed by atoms with Gasteiger partial charge >= 0.3 is 6.03 Å². The Bertz CT molecular complexity index is 1430. The molecule has 0 bridgehead atoms. The zero-order chi connectivity index (χ0) is 26.3. The lowest BCUT2D eigenvalue weighted by Crippen LogP contribution is -2.36. The zero-order valence-corrected chi connectivity index (χ0v) is 22.2. The molecule has 0 spiro atoms. The SMILES string of the molecule is CC(C)(C)c1ccc(Oc2cccc(CN3C[C@@H]4CN(C(=O)Nc5noc6ccccc56)C[C@@H]4C3)c2)cc1. The van der Waals surface area contributed by atoms with Crippen LogP contribution in [-0.4, -0.2) is 47.2 Å². The maximum atomic E-state index is 12.9. The van der Waals surface area contributed by atoms with Crippen LogP contribution in [0.1, 0.15) is 31.9 Å². The Hall–Kier alpha value is -3.84. The van der Waals surface area contributed by atoms with Crippen molar-refractivity contribution in [2.75, 3.05) is 31.5 Å². The molecule has 6 rings (SSSR count). The maximum absolute atomic E-state index is 12.9. The van der Waals surface area contributed by atoms with Gasteiger partial charge < -0.3 is 14.2 Å². The van der Waals surface area contributed by atoms with Crippen molar-refractivity contribution in [1.29, 1.82) is 0 Å². The largest absolute Gasteiger partial charge is 0.457 e. The number of fused-ring (bicyclic) bond motifs is 2. The molecule has 1 aromatic heterocycles. The van der Waals surface area contributed by atoms with Crippen molar-refractivity contribution in [1.82, 2.24) is 15.0 Å². The third-order valence-corrected chi connectivity index (χ3v) is 7.71. The lowest BCUT2D eigenvalue weighted by molar-refractivity contribution is 0.211. The third-order valence-electron chi connectivity index (χ3n) is 7.71. The number of amides is 2. The minimum Gasteiger partial charge on any atom is -0.457 e. The third kappa shape index (κ3) is 5.11. The zero-order valence-electron chi connectivity index (χ0n) is 22.2. The number of hydrogen-bond acceptors (Lipinski definition) is 5. The van der Waals surface area contributed by atoms with Gasteiger partial charge in [0, 0.05) is 32.7 Å². The number of urea groups is 1. The molecule has 0 aliphatic carbocycles. The van der Waals surface area contributed by atoms with Gasteiger partial charge in [-0.2, -0.15) is 0 Å². The molecule has 2 aliphatic rings. The second kappa shape index (κ2) is 9.80. The van der Waals surface area contributed by atoms with Gasteiger partial charge in [-0.25, -0.2) is 4.79 Å². The van der Waals surface area contributed by atoms with Crippen LogP contribution in [0, 0.1) is 11.8 Å². The summed E-state index contributed by atoms with van der Waals surface area (Å²) in [6, 6.07) is 24.2. The van der Waals surface area contributed by atoms with Crippen LogP contribution in [0.25, 0.3) is 11.0 Å². The van der Waals surface area contributed by atoms with E-state index in [1.807, 2.05) is 47.4 Å². The fraction of sp³-hybridized carbons (Fsp3) is 0.355. The molecule has 4 aromatic rings. The van der Waals surface area contributed by atoms with Crippen LogP contribution in [0.4, 0.5) is 10.6 Å². The van der Waals surface area contributed by atoms with Gasteiger partial charge in [-0.3, -0.25) is 10.2 Å². The Kier molecular flexibility index (Phi) is 6.32. The predicted molar refractivity (Wildman–Crippen MR) is 149 cm³/mol. The summed E-state index contributed by atoms with van der Waals surface area (Å²) in [5, 5.41) is 7.79. The number of ether oxygens (including phenoxy) is 1. The number of nitrogens with one attached hydrogen (secondary N) is 1. The van der Waals surface area contributed by atoms with E-state index in [0.717, 1.165) is 49.6 Å². The standard InChI is InChI=1S/C31H34N4O3/c1-31(2,3)24-11-13-25(14-12-24)37-26-8-6-7-21(15-26)16-34-17-22-19-35(20-23(22)18-34)30(36)32-29-27-9-4-5-10-28(27)38-33-29/h4-15,22-23H,16-20H2,1-3H3,(H,32,33,36)/t22-,23+. The molecule has 7 nitrogen and oxygen atoms in total. The molecule has 1 N–H and O–H groups in total. The quantitative estimate of drug-likeness (QED) is 0.331. The van der Waals surface area contributed by atoms with Crippen molar-refractivity contribution in [2.24, 2.45) is 11.8 Å². The Morgan fingerprint density at radius 1 is 0.947 bits per heavy atom. The molecule has 2 amide bonds. The Labute approximate surface area is 223 Å². The summed E-state index contributed by atoms with van der Waals surface area (Å²) in [6.45, 7) is 11.0. The van der Waals surface area contributed by atoms with Crippen molar-refractivity contribution in [3.8, 4) is 11.5 Å². The van der Waals surface area contributed by atoms with Crippen LogP contribution in [0.2, 0.25) is 0 Å². The maximum Gasteiger partial charge on any atom is 0.323 e. The van der Waals surface area contributed by atoms with E-state index < -0.39 is 0 Å². The highest BCUT2D eigenvalue weighted by molar-refractivity contribution is 5.98. The monoisotopic (exact) mass is 510 g/mol. The topological polar surface area (TPSA) is 70.8 Å². The molecule has 0 radical (unpaired) electrons. The van der Waals surface area contributed by atoms with Gasteiger partial charge in [0.2, 0.25) is 0 Å². The first-order valence-corrected chi connectivity index (χ1v) is 13.3. The predicted octanol–water partition coefficient (Wildman–Crippen LogP) is 6.51. The van der Waals surface area contributed by atoms with E-state index >= 15 is 0 Å². The van der Waals surface area contributed by atoms with Gasteiger partial charge in [-0.15, -0.1) is 0 Å². The summed E-state index contributed by atoms with van der Waals surface area (Å²) >= 11 is 0. The molecule has 0 saturated carbocycles. The summed E-state index contributed by atoms with van der Waals surface area (Å²) < 4.78 is 11.5. The first-order chi connectivity index (χ1) is 18.3. The van der Waals surface area contributed by atoms with E-state index in [-0.39, 0.29) is 11.4 Å². The van der Waals surface area contributed by atoms with Crippen LogP contribution >= 0.6 is 0 Å². The highest BCUT2D eigenvalue weighted by atomic mass is 16.5. The Balaban J connectivity index is 1.02. The molecule has 2 saturated heterocycles. The number of rotatable bonds is 5. The molecule has 38 heavy (non-hydrogen) atoms. The molecular formula is C31H34N4O3. The number of anilines is 1. The van der Waals surface area contributed by atoms with Crippen molar-refractivity contribution < 1.29 is 14.1 Å². The second-order valence-electron chi connectivity index (χ2n) is 11.6. The first kappa shape index (κ1) is 24.5. The summed E-state index contributed by atoms with van der Waals surface area (Å²) in [4.78, 5) is 17.3. The molecule has 3 aromatic carbocycles. The number of nitrogens with zero attached hydrogens (tertiary/aromatic N) is 3. The normalized spacial score (nSPS) is 19.6. The number of aromatic nitrogens is 1. The van der Waals surface area contributed by atoms with E-state index in [9.17, 15) is 4.79 Å². The number of benzene rings is 3. The number of hydrogen-bond donors (Lipinski definition) is 1. The van der Waals surface area contributed by atoms with Crippen molar-refractivity contribution in [3.05, 3.63) is 83.9 Å². The minimum atomic E-state index is -0.106. The molecule has 196 valence electrons. The number of para-hydroxylation sites is 1. The van der Waals surface area contributed by atoms with Gasteiger partial charge in [0.25, 0.3) is 0 Å². The van der Waals surface area contributed by atoms with Crippen LogP contribution in [0.3, 0.4) is 0 Å². The van der Waals surface area contributed by atoms with Crippen LogP contribution in [-0.2, 0) is 12.0 Å². The molecular weight excluding hydrogens is 476 g/mol. The molecule has 2 atom stereocenters. The summed E-state index contributed by atoms with van der Waals surface area (Å²) in [7, 11) is 0. The Morgan fingerprint density at radius 3 is 2.42 bits per heavy atom. The minimum absolute atomic E-state index is 0.106. The van der Waals surface area contributed by atoms with Gasteiger partial charge in [0.1, 0.15) is 11.5 Å². The molecule has 2 aliphatic heterocycles. The molecule has 0 unspecified atom stereocenters.